The predicted molar refractivity (Wildman–Crippen MR) is 93.3 cm³/mol. The number of nitrogens with zero attached hydrogens (tertiary/aromatic N) is 2. The summed E-state index contributed by atoms with van der Waals surface area (Å²) in [6.07, 6.45) is 3.91. The van der Waals surface area contributed by atoms with Gasteiger partial charge in [0.25, 0.3) is 0 Å². The first kappa shape index (κ1) is 18.1. The van der Waals surface area contributed by atoms with Gasteiger partial charge in [0, 0.05) is 17.7 Å². The van der Waals surface area contributed by atoms with Gasteiger partial charge in [-0.25, -0.2) is 9.07 Å². The highest BCUT2D eigenvalue weighted by Crippen LogP contribution is 2.28. The van der Waals surface area contributed by atoms with Crippen LogP contribution in [-0.2, 0) is 33.8 Å². The fourth-order valence-corrected chi connectivity index (χ4v) is 3.11. The maximum Gasteiger partial charge on any atom is 0.325 e. The lowest BCUT2D eigenvalue weighted by molar-refractivity contribution is -0.145. The van der Waals surface area contributed by atoms with E-state index in [0.717, 1.165) is 48.3 Å². The number of hydrogen-bond donors (Lipinski definition) is 1. The Morgan fingerprint density at radius 3 is 2.77 bits per heavy atom. The Morgan fingerprint density at radius 1 is 1.27 bits per heavy atom. The molecule has 1 aliphatic rings. The number of carbonyl (C=O) groups excluding carboxylic acids is 2. The normalized spacial score (nSPS) is 12.7. The first-order chi connectivity index (χ1) is 12.6. The van der Waals surface area contributed by atoms with Gasteiger partial charge in [-0.05, 0) is 49.9 Å². The predicted octanol–water partition coefficient (Wildman–Crippen LogP) is 2.46. The van der Waals surface area contributed by atoms with E-state index >= 15 is 0 Å². The van der Waals surface area contributed by atoms with Crippen LogP contribution >= 0.6 is 0 Å². The van der Waals surface area contributed by atoms with Gasteiger partial charge in [-0.3, -0.25) is 9.59 Å². The minimum Gasteiger partial charge on any atom is -0.458 e. The summed E-state index contributed by atoms with van der Waals surface area (Å²) < 4.78 is 20.2. The molecule has 26 heavy (non-hydrogen) atoms. The highest BCUT2D eigenvalue weighted by molar-refractivity contribution is 5.81. The van der Waals surface area contributed by atoms with Crippen LogP contribution in [0.1, 0.15) is 43.1 Å². The van der Waals surface area contributed by atoms with Crippen LogP contribution in [0.25, 0.3) is 5.69 Å². The lowest BCUT2D eigenvalue weighted by Crippen LogP contribution is -2.30. The monoisotopic (exact) mass is 359 g/mol. The van der Waals surface area contributed by atoms with Gasteiger partial charge < -0.3 is 10.1 Å². The molecule has 0 spiro atoms. The van der Waals surface area contributed by atoms with Crippen molar-refractivity contribution in [3.05, 3.63) is 47.0 Å². The van der Waals surface area contributed by atoms with Crippen molar-refractivity contribution < 1.29 is 18.7 Å². The molecule has 1 aromatic carbocycles. The maximum absolute atomic E-state index is 13.2. The van der Waals surface area contributed by atoms with Crippen LogP contribution in [0.3, 0.4) is 0 Å². The molecule has 6 nitrogen and oxygen atoms in total. The van der Waals surface area contributed by atoms with Crippen LogP contribution in [0.2, 0.25) is 0 Å². The lowest BCUT2D eigenvalue weighted by Gasteiger charge is -2.06. The fraction of sp³-hybridized carbons (Fsp3) is 0.421. The van der Waals surface area contributed by atoms with Gasteiger partial charge in [0.15, 0.2) is 0 Å². The third kappa shape index (κ3) is 4.09. The molecule has 0 atom stereocenters. The van der Waals surface area contributed by atoms with E-state index in [0.29, 0.717) is 6.42 Å². The summed E-state index contributed by atoms with van der Waals surface area (Å²) in [4.78, 5) is 23.2. The summed E-state index contributed by atoms with van der Waals surface area (Å²) in [5, 5.41) is 7.09. The van der Waals surface area contributed by atoms with Gasteiger partial charge in [0.2, 0.25) is 5.91 Å². The molecule has 0 saturated heterocycles. The number of esters is 1. The molecule has 7 heteroatoms. The minimum atomic E-state index is -0.488. The van der Waals surface area contributed by atoms with E-state index in [1.54, 1.807) is 16.8 Å². The summed E-state index contributed by atoms with van der Waals surface area (Å²) in [7, 11) is 0. The molecule has 0 radical (unpaired) electrons. The van der Waals surface area contributed by atoms with Crippen LogP contribution < -0.4 is 5.32 Å². The number of rotatable bonds is 7. The van der Waals surface area contributed by atoms with Crippen LogP contribution in [-0.4, -0.2) is 28.2 Å². The molecule has 138 valence electrons. The quantitative estimate of drug-likeness (QED) is 0.771. The van der Waals surface area contributed by atoms with Crippen molar-refractivity contribution in [3.8, 4) is 5.69 Å². The van der Waals surface area contributed by atoms with E-state index in [4.69, 9.17) is 4.74 Å². The van der Waals surface area contributed by atoms with E-state index in [2.05, 4.69) is 10.4 Å². The second kappa shape index (κ2) is 8.12. The van der Waals surface area contributed by atoms with Crippen LogP contribution in [0.15, 0.2) is 24.3 Å². The van der Waals surface area contributed by atoms with Gasteiger partial charge >= 0.3 is 5.97 Å². The molecule has 0 bridgehead atoms. The highest BCUT2D eigenvalue weighted by atomic mass is 19.1. The second-order valence-electron chi connectivity index (χ2n) is 6.30. The highest BCUT2D eigenvalue weighted by Gasteiger charge is 2.23. The number of halogens is 1. The van der Waals surface area contributed by atoms with Gasteiger partial charge in [-0.1, -0.05) is 6.92 Å². The van der Waals surface area contributed by atoms with E-state index in [9.17, 15) is 14.0 Å². The summed E-state index contributed by atoms with van der Waals surface area (Å²) >= 11 is 0. The standard InChI is InChI=1S/C19H22FN3O3/c1-2-4-18(24)21-11-19(25)26-12-16-15-5-3-6-17(15)23(22-16)14-9-7-13(20)8-10-14/h7-10H,2-6,11-12H2,1H3,(H,21,24). The molecule has 3 rings (SSSR count). The Labute approximate surface area is 151 Å². The average molecular weight is 359 g/mol. The first-order valence-electron chi connectivity index (χ1n) is 8.86. The summed E-state index contributed by atoms with van der Waals surface area (Å²) in [6, 6.07) is 6.16. The van der Waals surface area contributed by atoms with Crippen LogP contribution in [0.5, 0.6) is 0 Å². The topological polar surface area (TPSA) is 73.2 Å². The Balaban J connectivity index is 1.66. The molecule has 1 heterocycles. The molecule has 1 N–H and O–H groups in total. The van der Waals surface area contributed by atoms with Gasteiger partial charge in [-0.2, -0.15) is 5.10 Å². The maximum atomic E-state index is 13.2. The Hall–Kier alpha value is -2.70. The Morgan fingerprint density at radius 2 is 2.04 bits per heavy atom. The largest absolute Gasteiger partial charge is 0.458 e. The molecule has 2 aromatic rings. The molecular weight excluding hydrogens is 337 g/mol. The number of amides is 1. The van der Waals surface area contributed by atoms with Crippen molar-refractivity contribution in [2.24, 2.45) is 0 Å². The van der Waals surface area contributed by atoms with Crippen molar-refractivity contribution in [1.82, 2.24) is 15.1 Å². The Kier molecular flexibility index (Phi) is 5.65. The number of benzene rings is 1. The third-order valence-electron chi connectivity index (χ3n) is 4.36. The van der Waals surface area contributed by atoms with Crippen molar-refractivity contribution in [1.29, 1.82) is 0 Å². The number of fused-ring (bicyclic) bond motifs is 1. The summed E-state index contributed by atoms with van der Waals surface area (Å²) in [5.74, 6) is -0.944. The van der Waals surface area contributed by atoms with E-state index in [1.165, 1.54) is 12.1 Å². The van der Waals surface area contributed by atoms with Crippen molar-refractivity contribution in [2.75, 3.05) is 6.54 Å². The van der Waals surface area contributed by atoms with Crippen molar-refractivity contribution in [2.45, 2.75) is 45.6 Å². The molecule has 1 amide bonds. The summed E-state index contributed by atoms with van der Waals surface area (Å²) in [5.41, 5.74) is 3.68. The molecule has 1 aromatic heterocycles. The van der Waals surface area contributed by atoms with Gasteiger partial charge in [0.1, 0.15) is 24.7 Å². The van der Waals surface area contributed by atoms with Crippen LogP contribution in [0, 0.1) is 5.82 Å². The molecule has 0 saturated carbocycles. The smallest absolute Gasteiger partial charge is 0.325 e. The van der Waals surface area contributed by atoms with Crippen LogP contribution in [0.4, 0.5) is 4.39 Å². The molecule has 0 aliphatic heterocycles. The molecule has 0 unspecified atom stereocenters. The number of nitrogens with one attached hydrogen (secondary N) is 1. The van der Waals surface area contributed by atoms with E-state index < -0.39 is 5.97 Å². The van der Waals surface area contributed by atoms with Crippen molar-refractivity contribution in [3.63, 3.8) is 0 Å². The van der Waals surface area contributed by atoms with Crippen molar-refractivity contribution >= 4 is 11.9 Å². The Bertz CT molecular complexity index is 799. The SMILES string of the molecule is CCCC(=O)NCC(=O)OCc1nn(-c2ccc(F)cc2)c2c1CCC2. The number of ether oxygens (including phenoxy) is 1. The minimum absolute atomic E-state index is 0.0685. The van der Waals surface area contributed by atoms with Gasteiger partial charge in [-0.15, -0.1) is 0 Å². The second-order valence-corrected chi connectivity index (χ2v) is 6.30. The third-order valence-corrected chi connectivity index (χ3v) is 4.36. The first-order valence-corrected chi connectivity index (χ1v) is 8.86. The molecule has 0 fully saturated rings. The number of aromatic nitrogens is 2. The molecule has 1 aliphatic carbocycles. The summed E-state index contributed by atoms with van der Waals surface area (Å²) in [6.45, 7) is 1.83. The van der Waals surface area contributed by atoms with E-state index in [1.807, 2.05) is 6.92 Å². The zero-order valence-electron chi connectivity index (χ0n) is 14.8. The zero-order valence-corrected chi connectivity index (χ0v) is 14.8. The fourth-order valence-electron chi connectivity index (χ4n) is 3.11. The number of carbonyl (C=O) groups is 2. The van der Waals surface area contributed by atoms with Gasteiger partial charge in [0.05, 0.1) is 5.69 Å². The average Bonchev–Trinajstić information content (AvgIpc) is 3.22. The van der Waals surface area contributed by atoms with E-state index in [-0.39, 0.29) is 24.9 Å². The lowest BCUT2D eigenvalue weighted by atomic mass is 10.2. The zero-order chi connectivity index (χ0) is 18.5. The number of hydrogen-bond acceptors (Lipinski definition) is 4. The molecular formula is C19H22FN3O3.